The van der Waals surface area contributed by atoms with Crippen LogP contribution in [0, 0.1) is 0 Å². The maximum Gasteiger partial charge on any atom is 0.142 e. The van der Waals surface area contributed by atoms with Gasteiger partial charge in [0.2, 0.25) is 0 Å². The van der Waals surface area contributed by atoms with Crippen LogP contribution in [0.2, 0.25) is 0 Å². The summed E-state index contributed by atoms with van der Waals surface area (Å²) in [6, 6.07) is 13.3. The maximum atomic E-state index is 12.3. The number of aromatic nitrogens is 2. The Balaban J connectivity index is 1.75. The van der Waals surface area contributed by atoms with Crippen LogP contribution in [0.1, 0.15) is 5.69 Å². The van der Waals surface area contributed by atoms with Crippen molar-refractivity contribution in [3.63, 3.8) is 0 Å². The van der Waals surface area contributed by atoms with Crippen molar-refractivity contribution >= 4 is 38.1 Å². The van der Waals surface area contributed by atoms with Crippen molar-refractivity contribution in [2.75, 3.05) is 0 Å². The zero-order chi connectivity index (χ0) is 14.7. The van der Waals surface area contributed by atoms with Crippen molar-refractivity contribution in [2.45, 2.75) is 10.6 Å². The molecule has 6 heteroatoms. The molecule has 2 aromatic heterocycles. The van der Waals surface area contributed by atoms with Gasteiger partial charge in [0.05, 0.1) is 27.9 Å². The molecule has 0 aliphatic rings. The molecule has 1 unspecified atom stereocenters. The number of thiazole rings is 1. The molecule has 0 radical (unpaired) electrons. The Hall–Kier alpha value is -1.37. The number of halogens is 1. The van der Waals surface area contributed by atoms with Crippen molar-refractivity contribution in [3.05, 3.63) is 64.2 Å². The van der Waals surface area contributed by atoms with Gasteiger partial charge < -0.3 is 0 Å². The molecule has 1 atom stereocenters. The third-order valence-corrected chi connectivity index (χ3v) is 5.59. The number of hydrogen-bond acceptors (Lipinski definition) is 4. The lowest BCUT2D eigenvalue weighted by atomic mass is 10.4. The summed E-state index contributed by atoms with van der Waals surface area (Å²) in [6.45, 7) is 0. The van der Waals surface area contributed by atoms with Gasteiger partial charge in [-0.05, 0) is 36.4 Å². The summed E-state index contributed by atoms with van der Waals surface area (Å²) in [7, 11) is -1.08. The van der Waals surface area contributed by atoms with Crippen molar-refractivity contribution < 1.29 is 4.21 Å². The fourth-order valence-corrected chi connectivity index (χ4v) is 3.97. The van der Waals surface area contributed by atoms with Crippen LogP contribution in [0.3, 0.4) is 0 Å². The van der Waals surface area contributed by atoms with Crippen LogP contribution >= 0.6 is 27.3 Å². The minimum atomic E-state index is -1.08. The lowest BCUT2D eigenvalue weighted by Gasteiger charge is -2.00. The monoisotopic (exact) mass is 378 g/mol. The number of benzene rings is 1. The van der Waals surface area contributed by atoms with Crippen molar-refractivity contribution in [1.29, 1.82) is 0 Å². The van der Waals surface area contributed by atoms with Gasteiger partial charge in [0.1, 0.15) is 5.01 Å². The van der Waals surface area contributed by atoms with Gasteiger partial charge in [0.15, 0.2) is 0 Å². The first-order chi connectivity index (χ1) is 10.2. The SMILES string of the molecule is O=S(Cc1csc(-c2ccccn2)n1)c1ccc(Br)cc1. The second kappa shape index (κ2) is 6.60. The maximum absolute atomic E-state index is 12.3. The summed E-state index contributed by atoms with van der Waals surface area (Å²) in [4.78, 5) is 9.60. The van der Waals surface area contributed by atoms with E-state index < -0.39 is 10.8 Å². The molecule has 0 aliphatic carbocycles. The second-order valence-corrected chi connectivity index (χ2v) is 7.53. The van der Waals surface area contributed by atoms with Crippen LogP contribution in [0.5, 0.6) is 0 Å². The van der Waals surface area contributed by atoms with Crippen molar-refractivity contribution in [2.24, 2.45) is 0 Å². The summed E-state index contributed by atoms with van der Waals surface area (Å²) in [6.07, 6.45) is 1.75. The minimum Gasteiger partial charge on any atom is -0.254 e. The highest BCUT2D eigenvalue weighted by atomic mass is 79.9. The third-order valence-electron chi connectivity index (χ3n) is 2.79. The van der Waals surface area contributed by atoms with E-state index in [0.29, 0.717) is 5.75 Å². The molecular formula is C15H11BrN2OS2. The van der Waals surface area contributed by atoms with Gasteiger partial charge in [-0.3, -0.25) is 9.19 Å². The largest absolute Gasteiger partial charge is 0.254 e. The predicted octanol–water partition coefficient (Wildman–Crippen LogP) is 4.28. The van der Waals surface area contributed by atoms with Gasteiger partial charge in [0.25, 0.3) is 0 Å². The number of hydrogen-bond donors (Lipinski definition) is 0. The van der Waals surface area contributed by atoms with E-state index in [1.165, 1.54) is 11.3 Å². The first kappa shape index (κ1) is 14.6. The molecule has 0 saturated heterocycles. The number of rotatable bonds is 4. The number of pyridine rings is 1. The van der Waals surface area contributed by atoms with Crippen LogP contribution in [0.4, 0.5) is 0 Å². The first-order valence-corrected chi connectivity index (χ1v) is 9.21. The fraction of sp³-hybridized carbons (Fsp3) is 0.0667. The Morgan fingerprint density at radius 1 is 1.14 bits per heavy atom. The highest BCUT2D eigenvalue weighted by Crippen LogP contribution is 2.23. The Kier molecular flexibility index (Phi) is 4.57. The smallest absolute Gasteiger partial charge is 0.142 e. The van der Waals surface area contributed by atoms with Crippen LogP contribution < -0.4 is 0 Å². The Morgan fingerprint density at radius 2 is 1.95 bits per heavy atom. The first-order valence-electron chi connectivity index (χ1n) is 6.22. The van der Waals surface area contributed by atoms with E-state index in [9.17, 15) is 4.21 Å². The van der Waals surface area contributed by atoms with Gasteiger partial charge in [-0.25, -0.2) is 4.98 Å². The van der Waals surface area contributed by atoms with Gasteiger partial charge in [-0.2, -0.15) is 0 Å². The summed E-state index contributed by atoms with van der Waals surface area (Å²) in [5.41, 5.74) is 1.69. The molecule has 3 rings (SSSR count). The molecule has 0 amide bonds. The lowest BCUT2D eigenvalue weighted by molar-refractivity contribution is 0.682. The summed E-state index contributed by atoms with van der Waals surface area (Å²) in [5.74, 6) is 0.422. The molecule has 3 aromatic rings. The fourth-order valence-electron chi connectivity index (χ4n) is 1.78. The highest BCUT2D eigenvalue weighted by molar-refractivity contribution is 9.10. The normalized spacial score (nSPS) is 12.2. The zero-order valence-corrected chi connectivity index (χ0v) is 14.1. The summed E-state index contributed by atoms with van der Waals surface area (Å²) >= 11 is 4.90. The van der Waals surface area contributed by atoms with Crippen LogP contribution in [0.15, 0.2) is 63.4 Å². The van der Waals surface area contributed by atoms with Crippen LogP contribution in [-0.2, 0) is 16.6 Å². The van der Waals surface area contributed by atoms with Gasteiger partial charge in [-0.1, -0.05) is 22.0 Å². The Bertz CT molecular complexity index is 757. The van der Waals surface area contributed by atoms with E-state index in [1.54, 1.807) is 6.20 Å². The predicted molar refractivity (Wildman–Crippen MR) is 89.6 cm³/mol. The van der Waals surface area contributed by atoms with E-state index in [2.05, 4.69) is 25.9 Å². The number of nitrogens with zero attached hydrogens (tertiary/aromatic N) is 2. The molecule has 0 bridgehead atoms. The van der Waals surface area contributed by atoms with Crippen LogP contribution in [0.25, 0.3) is 10.7 Å². The minimum absolute atomic E-state index is 0.422. The second-order valence-electron chi connectivity index (χ2n) is 4.30. The Morgan fingerprint density at radius 3 is 2.67 bits per heavy atom. The van der Waals surface area contributed by atoms with E-state index in [0.717, 1.165) is 25.8 Å². The molecule has 0 saturated carbocycles. The van der Waals surface area contributed by atoms with E-state index in [1.807, 2.05) is 47.8 Å². The van der Waals surface area contributed by atoms with E-state index >= 15 is 0 Å². The molecule has 0 aliphatic heterocycles. The lowest BCUT2D eigenvalue weighted by Crippen LogP contribution is -1.96. The van der Waals surface area contributed by atoms with E-state index in [4.69, 9.17) is 0 Å². The zero-order valence-electron chi connectivity index (χ0n) is 10.9. The van der Waals surface area contributed by atoms with E-state index in [-0.39, 0.29) is 0 Å². The molecular weight excluding hydrogens is 368 g/mol. The standard InChI is InChI=1S/C15H11BrN2OS2/c16-11-4-6-13(7-5-11)21(19)10-12-9-20-15(18-12)14-3-1-2-8-17-14/h1-9H,10H2. The molecule has 106 valence electrons. The summed E-state index contributed by atoms with van der Waals surface area (Å²) in [5, 5.41) is 2.80. The quantitative estimate of drug-likeness (QED) is 0.680. The average Bonchev–Trinajstić information content (AvgIpc) is 2.97. The molecule has 3 nitrogen and oxygen atoms in total. The molecule has 0 spiro atoms. The summed E-state index contributed by atoms with van der Waals surface area (Å²) < 4.78 is 13.3. The van der Waals surface area contributed by atoms with Gasteiger partial charge >= 0.3 is 0 Å². The Labute approximate surface area is 137 Å². The molecule has 2 heterocycles. The molecule has 1 aromatic carbocycles. The molecule has 21 heavy (non-hydrogen) atoms. The van der Waals surface area contributed by atoms with Crippen molar-refractivity contribution in [1.82, 2.24) is 9.97 Å². The molecule has 0 N–H and O–H groups in total. The highest BCUT2D eigenvalue weighted by Gasteiger charge is 2.10. The topological polar surface area (TPSA) is 42.9 Å². The van der Waals surface area contributed by atoms with Crippen molar-refractivity contribution in [3.8, 4) is 10.7 Å². The van der Waals surface area contributed by atoms with Crippen LogP contribution in [-0.4, -0.2) is 14.2 Å². The van der Waals surface area contributed by atoms with Gasteiger partial charge in [-0.15, -0.1) is 11.3 Å². The third kappa shape index (κ3) is 3.64. The average molecular weight is 379 g/mol. The van der Waals surface area contributed by atoms with Gasteiger partial charge in [0, 0.05) is 20.9 Å². The molecule has 0 fully saturated rings.